The van der Waals surface area contributed by atoms with Crippen LogP contribution < -0.4 is 0 Å². The van der Waals surface area contributed by atoms with Gasteiger partial charge in [-0.3, -0.25) is 14.4 Å². The summed E-state index contributed by atoms with van der Waals surface area (Å²) in [5, 5.41) is 9.09. The van der Waals surface area contributed by atoms with Crippen molar-refractivity contribution in [3.63, 3.8) is 0 Å². The Bertz CT molecular complexity index is 790. The van der Waals surface area contributed by atoms with Crippen LogP contribution in [0.25, 0.3) is 0 Å². The molecule has 1 spiro atoms. The molecule has 3 rings (SSSR count). The van der Waals surface area contributed by atoms with E-state index < -0.39 is 22.6 Å². The molecule has 5 atom stereocenters. The molecule has 2 bridgehead atoms. The minimum absolute atomic E-state index is 0.0104. The molecule has 7 nitrogen and oxygen atoms in total. The summed E-state index contributed by atoms with van der Waals surface area (Å²) in [4.78, 5) is 44.6. The predicted octanol–water partition coefficient (Wildman–Crippen LogP) is 3.56. The summed E-state index contributed by atoms with van der Waals surface area (Å²) in [6, 6.07) is -0.563. The smallest absolute Gasteiger partial charge is 0.311 e. The number of aliphatic hydroxyl groups is 1. The van der Waals surface area contributed by atoms with E-state index >= 15 is 0 Å². The third-order valence-corrected chi connectivity index (χ3v) is 9.60. The van der Waals surface area contributed by atoms with Crippen LogP contribution in [0.1, 0.15) is 64.7 Å². The summed E-state index contributed by atoms with van der Waals surface area (Å²) >= 11 is 1.68. The van der Waals surface area contributed by atoms with Crippen molar-refractivity contribution in [2.45, 2.75) is 80.7 Å². The number of esters is 1. The van der Waals surface area contributed by atoms with Crippen molar-refractivity contribution in [1.82, 2.24) is 9.80 Å². The Labute approximate surface area is 214 Å². The number of thioether (sulfide) groups is 1. The van der Waals surface area contributed by atoms with Crippen LogP contribution in [0.2, 0.25) is 0 Å². The highest BCUT2D eigenvalue weighted by molar-refractivity contribution is 8.02. The molecule has 3 aliphatic rings. The Morgan fingerprint density at radius 1 is 1.20 bits per heavy atom. The van der Waals surface area contributed by atoms with Crippen molar-refractivity contribution < 1.29 is 24.2 Å². The molecule has 1 N–H and O–H groups in total. The Morgan fingerprint density at radius 2 is 1.97 bits per heavy atom. The number of hydrogen-bond acceptors (Lipinski definition) is 6. The van der Waals surface area contributed by atoms with E-state index in [9.17, 15) is 14.4 Å². The highest BCUT2D eigenvalue weighted by Gasteiger charge is 2.74. The number of nitrogens with zero attached hydrogens (tertiary/aromatic N) is 2. The van der Waals surface area contributed by atoms with Crippen LogP contribution in [0.15, 0.2) is 25.3 Å². The van der Waals surface area contributed by atoms with Crippen LogP contribution in [-0.2, 0) is 19.1 Å². The van der Waals surface area contributed by atoms with E-state index in [1.807, 2.05) is 4.90 Å². The van der Waals surface area contributed by atoms with Crippen LogP contribution in [0, 0.1) is 11.8 Å². The molecule has 0 aliphatic carbocycles. The lowest BCUT2D eigenvalue weighted by atomic mass is 9.71. The summed E-state index contributed by atoms with van der Waals surface area (Å²) in [5.41, 5.74) is 0. The fourth-order valence-corrected chi connectivity index (χ4v) is 8.30. The zero-order chi connectivity index (χ0) is 25.4. The second-order valence-electron chi connectivity index (χ2n) is 9.92. The van der Waals surface area contributed by atoms with Crippen LogP contribution >= 0.6 is 11.8 Å². The molecule has 0 aromatic carbocycles. The lowest BCUT2D eigenvalue weighted by molar-refractivity contribution is -0.153. The molecule has 8 heteroatoms. The number of carbonyl (C=O) groups excluding carboxylic acids is 3. The summed E-state index contributed by atoms with van der Waals surface area (Å²) in [6.07, 6.45) is 11.2. The van der Waals surface area contributed by atoms with E-state index in [-0.39, 0.29) is 36.2 Å². The normalized spacial score (nSPS) is 28.7. The molecule has 2 unspecified atom stereocenters. The van der Waals surface area contributed by atoms with Crippen LogP contribution in [0.4, 0.5) is 0 Å². The Morgan fingerprint density at radius 3 is 2.66 bits per heavy atom. The molecular weight excluding hydrogens is 464 g/mol. The largest absolute Gasteiger partial charge is 0.461 e. The molecule has 3 heterocycles. The molecule has 196 valence electrons. The van der Waals surface area contributed by atoms with E-state index in [1.165, 1.54) is 0 Å². The fourth-order valence-electron chi connectivity index (χ4n) is 6.10. The van der Waals surface area contributed by atoms with Gasteiger partial charge in [-0.05, 0) is 32.1 Å². The molecule has 0 saturated carbocycles. The van der Waals surface area contributed by atoms with Gasteiger partial charge in [0.15, 0.2) is 0 Å². The Kier molecular flexibility index (Phi) is 10.3. The zero-order valence-corrected chi connectivity index (χ0v) is 22.0. The van der Waals surface area contributed by atoms with Crippen molar-refractivity contribution in [3.05, 3.63) is 25.3 Å². The lowest BCUT2D eigenvalue weighted by Crippen LogP contribution is -2.55. The van der Waals surface area contributed by atoms with Crippen molar-refractivity contribution in [2.75, 3.05) is 32.8 Å². The van der Waals surface area contributed by atoms with E-state index in [2.05, 4.69) is 20.1 Å². The Balaban J connectivity index is 1.89. The molecular formula is C27H42N2O5S. The maximum atomic E-state index is 14.1. The predicted molar refractivity (Wildman–Crippen MR) is 139 cm³/mol. The van der Waals surface area contributed by atoms with Gasteiger partial charge in [0, 0.05) is 31.5 Å². The molecule has 0 aromatic heterocycles. The topological polar surface area (TPSA) is 87.2 Å². The minimum Gasteiger partial charge on any atom is -0.461 e. The number of aliphatic hydroxyl groups excluding tert-OH is 1. The average molecular weight is 507 g/mol. The number of carbonyl (C=O) groups is 3. The number of likely N-dealkylation sites (tertiary alicyclic amines) is 1. The number of unbranched alkanes of at least 4 members (excludes halogenated alkanes) is 5. The molecule has 3 fully saturated rings. The molecule has 2 amide bonds. The SMILES string of the molecule is C=CCOC(=O)[C@@H]1[C@@H]2CCC3(S2)C(C(=O)N(CC=C)CCCCC)N(CCCCCCO)C(=O)[C@H]13. The first-order chi connectivity index (χ1) is 17.0. The first-order valence-electron chi connectivity index (χ1n) is 13.2. The number of amides is 2. The number of fused-ring (bicyclic) bond motifs is 1. The summed E-state index contributed by atoms with van der Waals surface area (Å²) < 4.78 is 4.84. The van der Waals surface area contributed by atoms with Gasteiger partial charge in [0.25, 0.3) is 0 Å². The van der Waals surface area contributed by atoms with Crippen LogP contribution in [0.5, 0.6) is 0 Å². The third-order valence-electron chi connectivity index (χ3n) is 7.65. The molecule has 35 heavy (non-hydrogen) atoms. The molecule has 3 aliphatic heterocycles. The summed E-state index contributed by atoms with van der Waals surface area (Å²) in [7, 11) is 0. The van der Waals surface area contributed by atoms with Gasteiger partial charge in [0.05, 0.1) is 16.6 Å². The van der Waals surface area contributed by atoms with Crippen molar-refractivity contribution in [1.29, 1.82) is 0 Å². The first-order valence-corrected chi connectivity index (χ1v) is 14.1. The highest BCUT2D eigenvalue weighted by Crippen LogP contribution is 2.66. The van der Waals surface area contributed by atoms with Gasteiger partial charge in [-0.15, -0.1) is 18.3 Å². The molecule has 0 aromatic rings. The second-order valence-corrected chi connectivity index (χ2v) is 11.5. The first kappa shape index (κ1) is 27.8. The Hall–Kier alpha value is -1.80. The molecule has 3 saturated heterocycles. The standard InChI is InChI=1S/C27H42N2O5S/c1-4-7-10-16-28(15-5-2)25(32)23-27-14-13-20(35-27)21(26(33)34-19-6-3)22(27)24(31)29(23)17-11-8-9-12-18-30/h5-6,20-23,30H,2-4,7-19H2,1H3/t20-,21+,22-,23?,27?/m0/s1. The van der Waals surface area contributed by atoms with Gasteiger partial charge in [0.1, 0.15) is 12.6 Å². The van der Waals surface area contributed by atoms with Gasteiger partial charge < -0.3 is 19.6 Å². The fraction of sp³-hybridized carbons (Fsp3) is 0.741. The second kappa shape index (κ2) is 12.9. The van der Waals surface area contributed by atoms with E-state index in [0.29, 0.717) is 19.6 Å². The maximum absolute atomic E-state index is 14.1. The highest BCUT2D eigenvalue weighted by atomic mass is 32.2. The quantitative estimate of drug-likeness (QED) is 0.196. The van der Waals surface area contributed by atoms with Crippen molar-refractivity contribution in [2.24, 2.45) is 11.8 Å². The van der Waals surface area contributed by atoms with Crippen molar-refractivity contribution in [3.8, 4) is 0 Å². The van der Waals surface area contributed by atoms with Crippen LogP contribution in [-0.4, -0.2) is 81.6 Å². The zero-order valence-electron chi connectivity index (χ0n) is 21.2. The van der Waals surface area contributed by atoms with E-state index in [0.717, 1.165) is 57.8 Å². The lowest BCUT2D eigenvalue weighted by Gasteiger charge is -2.37. The van der Waals surface area contributed by atoms with Gasteiger partial charge >= 0.3 is 5.97 Å². The molecule has 0 radical (unpaired) electrons. The van der Waals surface area contributed by atoms with Crippen LogP contribution in [0.3, 0.4) is 0 Å². The number of ether oxygens (including phenoxy) is 1. The minimum atomic E-state index is -0.577. The van der Waals surface area contributed by atoms with E-state index in [1.54, 1.807) is 28.8 Å². The van der Waals surface area contributed by atoms with Gasteiger partial charge in [-0.2, -0.15) is 0 Å². The van der Waals surface area contributed by atoms with Crippen molar-refractivity contribution >= 4 is 29.5 Å². The third kappa shape index (κ3) is 5.63. The van der Waals surface area contributed by atoms with Gasteiger partial charge in [-0.25, -0.2) is 0 Å². The maximum Gasteiger partial charge on any atom is 0.311 e. The monoisotopic (exact) mass is 506 g/mol. The average Bonchev–Trinajstić information content (AvgIpc) is 3.49. The number of rotatable bonds is 16. The van der Waals surface area contributed by atoms with E-state index in [4.69, 9.17) is 9.84 Å². The summed E-state index contributed by atoms with van der Waals surface area (Å²) in [6.45, 7) is 11.5. The number of hydrogen-bond donors (Lipinski definition) is 1. The van der Waals surface area contributed by atoms with Gasteiger partial charge in [-0.1, -0.05) is 51.3 Å². The summed E-state index contributed by atoms with van der Waals surface area (Å²) in [5.74, 6) is -1.46. The van der Waals surface area contributed by atoms with Gasteiger partial charge in [0.2, 0.25) is 11.8 Å².